The van der Waals surface area contributed by atoms with Crippen LogP contribution in [0.2, 0.25) is 0 Å². The molecule has 2 N–H and O–H groups in total. The number of anilines is 1. The van der Waals surface area contributed by atoms with Gasteiger partial charge in [0.2, 0.25) is 5.91 Å². The molecule has 1 atom stereocenters. The Labute approximate surface area is 159 Å². The van der Waals surface area contributed by atoms with Crippen molar-refractivity contribution in [1.29, 1.82) is 0 Å². The average molecular weight is 371 g/mol. The number of amides is 1. The molecule has 6 heteroatoms. The molecular weight excluding hydrogens is 345 g/mol. The molecule has 1 aliphatic rings. The Bertz CT molecular complexity index is 787. The van der Waals surface area contributed by atoms with Crippen molar-refractivity contribution in [3.05, 3.63) is 59.9 Å². The second-order valence-electron chi connectivity index (χ2n) is 7.18. The SMILES string of the molecule is COc1ccc(F)cc1N1CCN(C(=O)[C@](C)(N)Cc2ccccc2)CC1. The summed E-state index contributed by atoms with van der Waals surface area (Å²) in [6.07, 6.45) is 0.491. The molecule has 1 aliphatic heterocycles. The molecule has 144 valence electrons. The lowest BCUT2D eigenvalue weighted by molar-refractivity contribution is -0.136. The zero-order valence-electron chi connectivity index (χ0n) is 15.8. The summed E-state index contributed by atoms with van der Waals surface area (Å²) >= 11 is 0. The number of carbonyl (C=O) groups excluding carboxylic acids is 1. The van der Waals surface area contributed by atoms with Gasteiger partial charge >= 0.3 is 0 Å². The number of piperazine rings is 1. The van der Waals surface area contributed by atoms with Crippen molar-refractivity contribution in [3.63, 3.8) is 0 Å². The molecular formula is C21H26FN3O2. The minimum absolute atomic E-state index is 0.0581. The summed E-state index contributed by atoms with van der Waals surface area (Å²) < 4.78 is 19.0. The number of hydrogen-bond acceptors (Lipinski definition) is 4. The lowest BCUT2D eigenvalue weighted by Gasteiger charge is -2.39. The molecule has 0 bridgehead atoms. The van der Waals surface area contributed by atoms with Gasteiger partial charge in [0.1, 0.15) is 11.6 Å². The fraction of sp³-hybridized carbons (Fsp3) is 0.381. The van der Waals surface area contributed by atoms with Crippen molar-refractivity contribution in [1.82, 2.24) is 4.90 Å². The zero-order chi connectivity index (χ0) is 19.4. The molecule has 0 radical (unpaired) electrons. The fourth-order valence-corrected chi connectivity index (χ4v) is 3.52. The number of benzene rings is 2. The molecule has 1 fully saturated rings. The second-order valence-corrected chi connectivity index (χ2v) is 7.18. The molecule has 0 saturated carbocycles. The summed E-state index contributed by atoms with van der Waals surface area (Å²) in [6.45, 7) is 4.07. The molecule has 3 rings (SSSR count). The number of halogens is 1. The third-order valence-electron chi connectivity index (χ3n) is 4.95. The van der Waals surface area contributed by atoms with E-state index in [4.69, 9.17) is 10.5 Å². The molecule has 0 spiro atoms. The molecule has 2 aromatic carbocycles. The Morgan fingerprint density at radius 3 is 2.44 bits per heavy atom. The van der Waals surface area contributed by atoms with E-state index in [-0.39, 0.29) is 11.7 Å². The van der Waals surface area contributed by atoms with E-state index in [1.54, 1.807) is 25.0 Å². The highest BCUT2D eigenvalue weighted by molar-refractivity contribution is 5.86. The van der Waals surface area contributed by atoms with E-state index < -0.39 is 5.54 Å². The second kappa shape index (κ2) is 7.96. The molecule has 0 aliphatic carbocycles. The molecule has 1 heterocycles. The lowest BCUT2D eigenvalue weighted by Crippen LogP contribution is -2.59. The van der Waals surface area contributed by atoms with Gasteiger partial charge in [-0.3, -0.25) is 4.79 Å². The number of rotatable bonds is 5. The Kier molecular flexibility index (Phi) is 5.65. The predicted octanol–water partition coefficient (Wildman–Crippen LogP) is 2.44. The number of carbonyl (C=O) groups is 1. The van der Waals surface area contributed by atoms with Crippen molar-refractivity contribution in [2.75, 3.05) is 38.2 Å². The number of methoxy groups -OCH3 is 1. The predicted molar refractivity (Wildman–Crippen MR) is 104 cm³/mol. The van der Waals surface area contributed by atoms with E-state index in [2.05, 4.69) is 0 Å². The number of ether oxygens (including phenoxy) is 1. The molecule has 2 aromatic rings. The van der Waals surface area contributed by atoms with Crippen LogP contribution in [0.25, 0.3) is 0 Å². The number of hydrogen-bond donors (Lipinski definition) is 1. The maximum Gasteiger partial charge on any atom is 0.242 e. The fourth-order valence-electron chi connectivity index (χ4n) is 3.52. The van der Waals surface area contributed by atoms with Gasteiger partial charge in [0.05, 0.1) is 18.3 Å². The Hall–Kier alpha value is -2.60. The maximum absolute atomic E-state index is 13.6. The van der Waals surface area contributed by atoms with Crippen LogP contribution in [0, 0.1) is 5.82 Å². The summed E-state index contributed by atoms with van der Waals surface area (Å²) in [6, 6.07) is 14.3. The van der Waals surface area contributed by atoms with Crippen LogP contribution in [0.4, 0.5) is 10.1 Å². The van der Waals surface area contributed by atoms with Gasteiger partial charge in [-0.2, -0.15) is 0 Å². The highest BCUT2D eigenvalue weighted by Gasteiger charge is 2.34. The smallest absolute Gasteiger partial charge is 0.242 e. The Morgan fingerprint density at radius 2 is 1.81 bits per heavy atom. The average Bonchev–Trinajstić information content (AvgIpc) is 2.68. The van der Waals surface area contributed by atoms with Crippen LogP contribution < -0.4 is 15.4 Å². The number of nitrogens with zero attached hydrogens (tertiary/aromatic N) is 2. The van der Waals surface area contributed by atoms with Crippen LogP contribution in [0.5, 0.6) is 5.75 Å². The minimum atomic E-state index is -0.958. The zero-order valence-corrected chi connectivity index (χ0v) is 15.8. The molecule has 27 heavy (non-hydrogen) atoms. The summed E-state index contributed by atoms with van der Waals surface area (Å²) in [5.41, 5.74) is 7.15. The van der Waals surface area contributed by atoms with Crippen molar-refractivity contribution in [2.45, 2.75) is 18.9 Å². The molecule has 1 saturated heterocycles. The quantitative estimate of drug-likeness (QED) is 0.877. The van der Waals surface area contributed by atoms with Gasteiger partial charge in [0.15, 0.2) is 0 Å². The van der Waals surface area contributed by atoms with Crippen LogP contribution >= 0.6 is 0 Å². The van der Waals surface area contributed by atoms with Gasteiger partial charge in [-0.15, -0.1) is 0 Å². The van der Waals surface area contributed by atoms with Gasteiger partial charge < -0.3 is 20.3 Å². The maximum atomic E-state index is 13.6. The van der Waals surface area contributed by atoms with Gasteiger partial charge in [-0.25, -0.2) is 4.39 Å². The first-order valence-electron chi connectivity index (χ1n) is 9.11. The summed E-state index contributed by atoms with van der Waals surface area (Å²) in [4.78, 5) is 16.8. The first-order chi connectivity index (χ1) is 12.9. The van der Waals surface area contributed by atoms with E-state index in [1.807, 2.05) is 35.2 Å². The van der Waals surface area contributed by atoms with Crippen LogP contribution in [0.3, 0.4) is 0 Å². The van der Waals surface area contributed by atoms with Crippen LogP contribution in [0.1, 0.15) is 12.5 Å². The van der Waals surface area contributed by atoms with Crippen molar-refractivity contribution >= 4 is 11.6 Å². The van der Waals surface area contributed by atoms with E-state index in [0.29, 0.717) is 44.0 Å². The third kappa shape index (κ3) is 4.39. The van der Waals surface area contributed by atoms with Gasteiger partial charge in [0.25, 0.3) is 0 Å². The largest absolute Gasteiger partial charge is 0.495 e. The van der Waals surface area contributed by atoms with E-state index in [9.17, 15) is 9.18 Å². The van der Waals surface area contributed by atoms with Gasteiger partial charge in [-0.1, -0.05) is 30.3 Å². The monoisotopic (exact) mass is 371 g/mol. The normalized spacial score (nSPS) is 16.7. The van der Waals surface area contributed by atoms with E-state index in [0.717, 1.165) is 5.56 Å². The standard InChI is InChI=1S/C21H26FN3O2/c1-21(23,15-16-6-4-3-5-7-16)20(26)25-12-10-24(11-13-25)18-14-17(22)8-9-19(18)27-2/h3-9,14H,10-13,15,23H2,1-2H3/t21-/m1/s1. The molecule has 0 unspecified atom stereocenters. The summed E-state index contributed by atoms with van der Waals surface area (Å²) in [7, 11) is 1.57. The van der Waals surface area contributed by atoms with Crippen molar-refractivity contribution < 1.29 is 13.9 Å². The Morgan fingerprint density at radius 1 is 1.15 bits per heavy atom. The van der Waals surface area contributed by atoms with E-state index in [1.165, 1.54) is 12.1 Å². The van der Waals surface area contributed by atoms with Crippen LogP contribution in [0.15, 0.2) is 48.5 Å². The lowest BCUT2D eigenvalue weighted by atomic mass is 9.92. The summed E-state index contributed by atoms with van der Waals surface area (Å²) in [5.74, 6) is 0.267. The first-order valence-corrected chi connectivity index (χ1v) is 9.11. The van der Waals surface area contributed by atoms with Crippen LogP contribution in [-0.4, -0.2) is 49.6 Å². The first kappa shape index (κ1) is 19.2. The summed E-state index contributed by atoms with van der Waals surface area (Å²) in [5, 5.41) is 0. The third-order valence-corrected chi connectivity index (χ3v) is 4.95. The minimum Gasteiger partial charge on any atom is -0.495 e. The topological polar surface area (TPSA) is 58.8 Å². The van der Waals surface area contributed by atoms with E-state index >= 15 is 0 Å². The van der Waals surface area contributed by atoms with Crippen molar-refractivity contribution in [2.24, 2.45) is 5.73 Å². The van der Waals surface area contributed by atoms with Crippen LogP contribution in [-0.2, 0) is 11.2 Å². The molecule has 5 nitrogen and oxygen atoms in total. The molecule has 1 amide bonds. The number of nitrogens with two attached hydrogens (primary N) is 1. The highest BCUT2D eigenvalue weighted by Crippen LogP contribution is 2.30. The van der Waals surface area contributed by atoms with Gasteiger partial charge in [0, 0.05) is 32.2 Å². The van der Waals surface area contributed by atoms with Gasteiger partial charge in [-0.05, 0) is 31.0 Å². The Balaban J connectivity index is 1.65. The van der Waals surface area contributed by atoms with Crippen molar-refractivity contribution in [3.8, 4) is 5.75 Å². The molecule has 0 aromatic heterocycles. The highest BCUT2D eigenvalue weighted by atomic mass is 19.1.